The van der Waals surface area contributed by atoms with Crippen LogP contribution in [0.5, 0.6) is 0 Å². The van der Waals surface area contributed by atoms with Crippen LogP contribution in [0.2, 0.25) is 0 Å². The van der Waals surface area contributed by atoms with Crippen LogP contribution in [0.1, 0.15) is 12.0 Å². The first kappa shape index (κ1) is 16.2. The highest BCUT2D eigenvalue weighted by atomic mass is 19.1. The van der Waals surface area contributed by atoms with E-state index < -0.39 is 0 Å². The van der Waals surface area contributed by atoms with Gasteiger partial charge < -0.3 is 10.2 Å². The topological polar surface area (TPSA) is 32.3 Å². The normalized spacial score (nSPS) is 10.5. The van der Waals surface area contributed by atoms with Crippen molar-refractivity contribution in [3.63, 3.8) is 0 Å². The summed E-state index contributed by atoms with van der Waals surface area (Å²) in [5.41, 5.74) is 1.99. The molecule has 4 heteroatoms. The monoisotopic (exact) mass is 300 g/mol. The van der Waals surface area contributed by atoms with E-state index in [4.69, 9.17) is 0 Å². The van der Waals surface area contributed by atoms with Gasteiger partial charge in [0.05, 0.1) is 0 Å². The SMILES string of the molecule is CN(C(=O)CCNCCc1ccc(F)cc1)c1ccccc1. The fourth-order valence-electron chi connectivity index (χ4n) is 2.17. The second-order valence-corrected chi connectivity index (χ2v) is 5.16. The van der Waals surface area contributed by atoms with Gasteiger partial charge in [0.15, 0.2) is 0 Å². The van der Waals surface area contributed by atoms with Crippen LogP contribution >= 0.6 is 0 Å². The summed E-state index contributed by atoms with van der Waals surface area (Å²) in [5, 5.41) is 3.24. The van der Waals surface area contributed by atoms with Crippen molar-refractivity contribution in [1.82, 2.24) is 5.32 Å². The molecule has 0 saturated carbocycles. The molecule has 0 aliphatic carbocycles. The molecule has 0 unspecified atom stereocenters. The standard InChI is InChI=1S/C18H21FN2O/c1-21(17-5-3-2-4-6-17)18(22)12-14-20-13-11-15-7-9-16(19)10-8-15/h2-10,20H,11-14H2,1H3. The van der Waals surface area contributed by atoms with E-state index in [1.54, 1.807) is 24.1 Å². The fraction of sp³-hybridized carbons (Fsp3) is 0.278. The van der Waals surface area contributed by atoms with Gasteiger partial charge in [0.25, 0.3) is 0 Å². The molecule has 116 valence electrons. The van der Waals surface area contributed by atoms with Crippen molar-refractivity contribution in [3.05, 3.63) is 66.0 Å². The van der Waals surface area contributed by atoms with Gasteiger partial charge in [-0.1, -0.05) is 30.3 Å². The van der Waals surface area contributed by atoms with Crippen molar-refractivity contribution >= 4 is 11.6 Å². The zero-order valence-electron chi connectivity index (χ0n) is 12.8. The molecule has 22 heavy (non-hydrogen) atoms. The summed E-state index contributed by atoms with van der Waals surface area (Å²) >= 11 is 0. The number of nitrogens with zero attached hydrogens (tertiary/aromatic N) is 1. The van der Waals surface area contributed by atoms with Crippen LogP contribution in [-0.2, 0) is 11.2 Å². The Bertz CT molecular complexity index is 584. The van der Waals surface area contributed by atoms with Gasteiger partial charge in [0.2, 0.25) is 5.91 Å². The number of benzene rings is 2. The molecule has 1 amide bonds. The van der Waals surface area contributed by atoms with Crippen LogP contribution in [-0.4, -0.2) is 26.0 Å². The maximum absolute atomic E-state index is 12.8. The Hall–Kier alpha value is -2.20. The van der Waals surface area contributed by atoms with Gasteiger partial charge in [0.1, 0.15) is 5.82 Å². The Morgan fingerprint density at radius 1 is 1.05 bits per heavy atom. The lowest BCUT2D eigenvalue weighted by Crippen LogP contribution is -2.30. The summed E-state index contributed by atoms with van der Waals surface area (Å²) in [4.78, 5) is 13.7. The van der Waals surface area contributed by atoms with Gasteiger partial charge in [-0.3, -0.25) is 4.79 Å². The third kappa shape index (κ3) is 4.97. The summed E-state index contributed by atoms with van der Waals surface area (Å²) in [7, 11) is 1.79. The smallest absolute Gasteiger partial charge is 0.227 e. The second kappa shape index (κ2) is 8.29. The number of halogens is 1. The number of carbonyl (C=O) groups excluding carboxylic acids is 1. The first-order valence-electron chi connectivity index (χ1n) is 7.43. The molecule has 3 nitrogen and oxygen atoms in total. The molecule has 0 atom stereocenters. The van der Waals surface area contributed by atoms with E-state index in [1.807, 2.05) is 30.3 Å². The van der Waals surface area contributed by atoms with Gasteiger partial charge in [-0.15, -0.1) is 0 Å². The Morgan fingerprint density at radius 2 is 1.73 bits per heavy atom. The van der Waals surface area contributed by atoms with Crippen LogP contribution < -0.4 is 10.2 Å². The van der Waals surface area contributed by atoms with Crippen LogP contribution in [0.25, 0.3) is 0 Å². The van der Waals surface area contributed by atoms with E-state index >= 15 is 0 Å². The molecule has 2 rings (SSSR count). The molecule has 0 saturated heterocycles. The molecule has 0 fully saturated rings. The Morgan fingerprint density at radius 3 is 2.41 bits per heavy atom. The van der Waals surface area contributed by atoms with Crippen LogP contribution in [0.3, 0.4) is 0 Å². The number of hydrogen-bond acceptors (Lipinski definition) is 2. The third-order valence-electron chi connectivity index (χ3n) is 3.54. The first-order valence-corrected chi connectivity index (χ1v) is 7.43. The predicted octanol–water partition coefficient (Wildman–Crippen LogP) is 3.01. The zero-order chi connectivity index (χ0) is 15.8. The molecular formula is C18H21FN2O. The molecule has 0 radical (unpaired) electrons. The third-order valence-corrected chi connectivity index (χ3v) is 3.54. The van der Waals surface area contributed by atoms with Gasteiger partial charge in [0, 0.05) is 25.7 Å². The summed E-state index contributed by atoms with van der Waals surface area (Å²) in [6.45, 7) is 1.41. The fourth-order valence-corrected chi connectivity index (χ4v) is 2.17. The van der Waals surface area contributed by atoms with Crippen molar-refractivity contribution in [2.45, 2.75) is 12.8 Å². The average molecular weight is 300 g/mol. The minimum absolute atomic E-state index is 0.0838. The van der Waals surface area contributed by atoms with Gasteiger partial charge in [-0.05, 0) is 42.8 Å². The minimum Gasteiger partial charge on any atom is -0.316 e. The van der Waals surface area contributed by atoms with Crippen molar-refractivity contribution in [2.24, 2.45) is 0 Å². The Labute approximate surface area is 130 Å². The summed E-state index contributed by atoms with van der Waals surface area (Å²) in [6, 6.07) is 16.1. The van der Waals surface area contributed by atoms with E-state index in [-0.39, 0.29) is 11.7 Å². The number of rotatable bonds is 7. The van der Waals surface area contributed by atoms with E-state index in [2.05, 4.69) is 5.32 Å². The largest absolute Gasteiger partial charge is 0.316 e. The van der Waals surface area contributed by atoms with Crippen molar-refractivity contribution in [2.75, 3.05) is 25.0 Å². The maximum Gasteiger partial charge on any atom is 0.227 e. The van der Waals surface area contributed by atoms with Crippen molar-refractivity contribution < 1.29 is 9.18 Å². The molecule has 2 aromatic rings. The number of amides is 1. The lowest BCUT2D eigenvalue weighted by Gasteiger charge is -2.17. The lowest BCUT2D eigenvalue weighted by atomic mass is 10.1. The van der Waals surface area contributed by atoms with E-state index in [1.165, 1.54) is 12.1 Å². The molecule has 1 N–H and O–H groups in total. The number of para-hydroxylation sites is 1. The molecular weight excluding hydrogens is 279 g/mol. The summed E-state index contributed by atoms with van der Waals surface area (Å²) < 4.78 is 12.8. The van der Waals surface area contributed by atoms with Gasteiger partial charge in [-0.25, -0.2) is 4.39 Å². The van der Waals surface area contributed by atoms with Gasteiger partial charge >= 0.3 is 0 Å². The second-order valence-electron chi connectivity index (χ2n) is 5.16. The zero-order valence-corrected chi connectivity index (χ0v) is 12.8. The van der Waals surface area contributed by atoms with E-state index in [0.717, 1.165) is 24.2 Å². The molecule has 0 spiro atoms. The quantitative estimate of drug-likeness (QED) is 0.797. The Balaban J connectivity index is 1.66. The molecule has 0 aliphatic rings. The minimum atomic E-state index is -0.216. The molecule has 2 aromatic carbocycles. The average Bonchev–Trinajstić information content (AvgIpc) is 2.56. The van der Waals surface area contributed by atoms with E-state index in [9.17, 15) is 9.18 Å². The number of hydrogen-bond donors (Lipinski definition) is 1. The number of nitrogens with one attached hydrogen (secondary N) is 1. The van der Waals surface area contributed by atoms with Crippen molar-refractivity contribution in [3.8, 4) is 0 Å². The lowest BCUT2D eigenvalue weighted by molar-refractivity contribution is -0.118. The highest BCUT2D eigenvalue weighted by Gasteiger charge is 2.09. The molecule has 0 heterocycles. The molecule has 0 aliphatic heterocycles. The Kier molecular flexibility index (Phi) is 6.10. The highest BCUT2D eigenvalue weighted by Crippen LogP contribution is 2.11. The van der Waals surface area contributed by atoms with Crippen LogP contribution in [0, 0.1) is 5.82 Å². The molecule has 0 bridgehead atoms. The molecule has 0 aromatic heterocycles. The highest BCUT2D eigenvalue weighted by molar-refractivity contribution is 5.92. The maximum atomic E-state index is 12.8. The van der Waals surface area contributed by atoms with Crippen molar-refractivity contribution in [1.29, 1.82) is 0 Å². The predicted molar refractivity (Wildman–Crippen MR) is 87.4 cm³/mol. The van der Waals surface area contributed by atoms with Crippen LogP contribution in [0.4, 0.5) is 10.1 Å². The van der Waals surface area contributed by atoms with E-state index in [0.29, 0.717) is 13.0 Å². The summed E-state index contributed by atoms with van der Waals surface area (Å²) in [6.07, 6.45) is 1.28. The van der Waals surface area contributed by atoms with Crippen LogP contribution in [0.15, 0.2) is 54.6 Å². The first-order chi connectivity index (χ1) is 10.7. The van der Waals surface area contributed by atoms with Gasteiger partial charge in [-0.2, -0.15) is 0 Å². The number of carbonyl (C=O) groups is 1. The number of anilines is 1. The summed E-state index contributed by atoms with van der Waals surface area (Å²) in [5.74, 6) is -0.133.